The van der Waals surface area contributed by atoms with Gasteiger partial charge in [-0.05, 0) is 68.7 Å². The first kappa shape index (κ1) is 24.3. The van der Waals surface area contributed by atoms with E-state index in [0.29, 0.717) is 24.6 Å². The van der Waals surface area contributed by atoms with Crippen LogP contribution in [0, 0.1) is 6.92 Å². The van der Waals surface area contributed by atoms with E-state index in [1.54, 1.807) is 48.5 Å². The Morgan fingerprint density at radius 2 is 1.61 bits per heavy atom. The number of nitrogens with one attached hydrogen (secondary N) is 1. The Morgan fingerprint density at radius 1 is 0.939 bits per heavy atom. The summed E-state index contributed by atoms with van der Waals surface area (Å²) in [6.45, 7) is 4.44. The first-order chi connectivity index (χ1) is 15.9. The quantitative estimate of drug-likeness (QED) is 0.427. The average Bonchev–Trinajstić information content (AvgIpc) is 2.82. The van der Waals surface area contributed by atoms with Crippen LogP contribution in [-0.2, 0) is 21.2 Å². The van der Waals surface area contributed by atoms with Gasteiger partial charge in [0, 0.05) is 6.54 Å². The molecule has 3 aromatic rings. The SMILES string of the molecule is CCOc1ccc(N(CC(=O)NCCCc2ccccc2)S(=O)(=O)c2ccc(C)cc2)cc1. The fourth-order valence-corrected chi connectivity index (χ4v) is 4.80. The third kappa shape index (κ3) is 6.83. The summed E-state index contributed by atoms with van der Waals surface area (Å²) in [4.78, 5) is 12.8. The van der Waals surface area contributed by atoms with Crippen molar-refractivity contribution in [3.8, 4) is 5.75 Å². The molecular weight excluding hydrogens is 436 g/mol. The van der Waals surface area contributed by atoms with Crippen LogP contribution in [0.2, 0.25) is 0 Å². The van der Waals surface area contributed by atoms with Gasteiger partial charge in [0.05, 0.1) is 17.2 Å². The predicted octanol–water partition coefficient (Wildman–Crippen LogP) is 4.34. The van der Waals surface area contributed by atoms with Crippen molar-refractivity contribution in [3.05, 3.63) is 90.0 Å². The van der Waals surface area contributed by atoms with Crippen molar-refractivity contribution in [2.75, 3.05) is 24.0 Å². The number of carbonyl (C=O) groups excluding carboxylic acids is 1. The number of ether oxygens (including phenoxy) is 1. The number of anilines is 1. The molecule has 0 atom stereocenters. The molecule has 0 aromatic heterocycles. The van der Waals surface area contributed by atoms with E-state index >= 15 is 0 Å². The van der Waals surface area contributed by atoms with Gasteiger partial charge in [0.25, 0.3) is 10.0 Å². The van der Waals surface area contributed by atoms with Gasteiger partial charge in [-0.2, -0.15) is 0 Å². The number of hydrogen-bond acceptors (Lipinski definition) is 4. The van der Waals surface area contributed by atoms with Gasteiger partial charge in [-0.1, -0.05) is 48.0 Å². The summed E-state index contributed by atoms with van der Waals surface area (Å²) in [6.07, 6.45) is 1.61. The minimum Gasteiger partial charge on any atom is -0.494 e. The molecule has 0 saturated heterocycles. The summed E-state index contributed by atoms with van der Waals surface area (Å²) in [6, 6.07) is 23.3. The largest absolute Gasteiger partial charge is 0.494 e. The molecule has 174 valence electrons. The zero-order chi connectivity index (χ0) is 23.7. The Kier molecular flexibility index (Phi) is 8.49. The van der Waals surface area contributed by atoms with E-state index in [-0.39, 0.29) is 17.3 Å². The highest BCUT2D eigenvalue weighted by atomic mass is 32.2. The van der Waals surface area contributed by atoms with E-state index in [9.17, 15) is 13.2 Å². The maximum absolute atomic E-state index is 13.4. The maximum atomic E-state index is 13.4. The lowest BCUT2D eigenvalue weighted by molar-refractivity contribution is -0.119. The Hall–Kier alpha value is -3.32. The van der Waals surface area contributed by atoms with Crippen molar-refractivity contribution in [1.82, 2.24) is 5.32 Å². The minimum atomic E-state index is -3.93. The van der Waals surface area contributed by atoms with Crippen LogP contribution in [0.4, 0.5) is 5.69 Å². The third-order valence-corrected chi connectivity index (χ3v) is 6.93. The molecule has 7 heteroatoms. The summed E-state index contributed by atoms with van der Waals surface area (Å²) >= 11 is 0. The fraction of sp³-hybridized carbons (Fsp3) is 0.269. The van der Waals surface area contributed by atoms with Gasteiger partial charge in [0.15, 0.2) is 0 Å². The van der Waals surface area contributed by atoms with Gasteiger partial charge in [0.1, 0.15) is 12.3 Å². The van der Waals surface area contributed by atoms with Gasteiger partial charge >= 0.3 is 0 Å². The highest BCUT2D eigenvalue weighted by Gasteiger charge is 2.27. The monoisotopic (exact) mass is 466 g/mol. The van der Waals surface area contributed by atoms with Crippen molar-refractivity contribution in [3.63, 3.8) is 0 Å². The van der Waals surface area contributed by atoms with E-state index in [1.807, 2.05) is 44.2 Å². The van der Waals surface area contributed by atoms with Crippen molar-refractivity contribution in [2.45, 2.75) is 31.6 Å². The lowest BCUT2D eigenvalue weighted by Crippen LogP contribution is -2.41. The van der Waals surface area contributed by atoms with Crippen molar-refractivity contribution in [2.24, 2.45) is 0 Å². The maximum Gasteiger partial charge on any atom is 0.264 e. The molecule has 1 N–H and O–H groups in total. The molecule has 0 aliphatic carbocycles. The molecule has 0 saturated carbocycles. The molecule has 0 aliphatic heterocycles. The third-order valence-electron chi connectivity index (χ3n) is 5.14. The van der Waals surface area contributed by atoms with Gasteiger partial charge in [-0.15, -0.1) is 0 Å². The highest BCUT2D eigenvalue weighted by Crippen LogP contribution is 2.26. The lowest BCUT2D eigenvalue weighted by Gasteiger charge is -2.24. The van der Waals surface area contributed by atoms with Gasteiger partial charge < -0.3 is 10.1 Å². The second-order valence-corrected chi connectivity index (χ2v) is 9.55. The molecule has 0 spiro atoms. The number of carbonyl (C=O) groups is 1. The standard InChI is InChI=1S/C26H30N2O4S/c1-3-32-24-15-13-23(14-16-24)28(33(30,31)25-17-11-21(2)12-18-25)20-26(29)27-19-7-10-22-8-5-4-6-9-22/h4-6,8-9,11-18H,3,7,10,19-20H2,1-2H3,(H,27,29). The van der Waals surface area contributed by atoms with Crippen molar-refractivity contribution >= 4 is 21.6 Å². The first-order valence-corrected chi connectivity index (χ1v) is 12.5. The molecule has 3 rings (SSSR count). The van der Waals surface area contributed by atoms with E-state index in [1.165, 1.54) is 5.56 Å². The second-order valence-electron chi connectivity index (χ2n) is 7.69. The van der Waals surface area contributed by atoms with Crippen LogP contribution in [0.1, 0.15) is 24.5 Å². The number of sulfonamides is 1. The number of benzene rings is 3. The Morgan fingerprint density at radius 3 is 2.24 bits per heavy atom. The second kappa shape index (κ2) is 11.5. The van der Waals surface area contributed by atoms with Crippen LogP contribution in [0.15, 0.2) is 83.8 Å². The predicted molar refractivity (Wildman–Crippen MR) is 131 cm³/mol. The molecule has 0 fully saturated rings. The number of amides is 1. The average molecular weight is 467 g/mol. The highest BCUT2D eigenvalue weighted by molar-refractivity contribution is 7.92. The summed E-state index contributed by atoms with van der Waals surface area (Å²) < 4.78 is 33.4. The van der Waals surface area contributed by atoms with Crippen LogP contribution >= 0.6 is 0 Å². The van der Waals surface area contributed by atoms with E-state index in [2.05, 4.69) is 5.32 Å². The molecule has 33 heavy (non-hydrogen) atoms. The number of rotatable bonds is 11. The number of hydrogen-bond donors (Lipinski definition) is 1. The zero-order valence-corrected chi connectivity index (χ0v) is 19.8. The van der Waals surface area contributed by atoms with E-state index in [4.69, 9.17) is 4.74 Å². The summed E-state index contributed by atoms with van der Waals surface area (Å²) in [7, 11) is -3.93. The molecule has 3 aromatic carbocycles. The molecule has 0 radical (unpaired) electrons. The van der Waals surface area contributed by atoms with Crippen LogP contribution in [0.25, 0.3) is 0 Å². The van der Waals surface area contributed by atoms with Crippen molar-refractivity contribution in [1.29, 1.82) is 0 Å². The smallest absolute Gasteiger partial charge is 0.264 e. The molecule has 1 amide bonds. The van der Waals surface area contributed by atoms with Crippen LogP contribution in [0.3, 0.4) is 0 Å². The number of aryl methyl sites for hydroxylation is 2. The van der Waals surface area contributed by atoms with E-state index in [0.717, 1.165) is 22.7 Å². The molecule has 6 nitrogen and oxygen atoms in total. The zero-order valence-electron chi connectivity index (χ0n) is 19.0. The normalized spacial score (nSPS) is 11.1. The van der Waals surface area contributed by atoms with E-state index < -0.39 is 10.0 Å². The first-order valence-electron chi connectivity index (χ1n) is 11.0. The van der Waals surface area contributed by atoms with Crippen LogP contribution < -0.4 is 14.4 Å². The van der Waals surface area contributed by atoms with Gasteiger partial charge in [-0.3, -0.25) is 9.10 Å². The summed E-state index contributed by atoms with van der Waals surface area (Å²) in [5.41, 5.74) is 2.56. The Balaban J connectivity index is 1.73. The summed E-state index contributed by atoms with van der Waals surface area (Å²) in [5, 5.41) is 2.85. The molecule has 0 aliphatic rings. The summed E-state index contributed by atoms with van der Waals surface area (Å²) in [5.74, 6) is 0.284. The Bertz CT molecular complexity index is 1130. The van der Waals surface area contributed by atoms with Gasteiger partial charge in [0.2, 0.25) is 5.91 Å². The molecule has 0 heterocycles. The molecule has 0 bridgehead atoms. The minimum absolute atomic E-state index is 0.138. The van der Waals surface area contributed by atoms with Crippen LogP contribution in [-0.4, -0.2) is 34.0 Å². The van der Waals surface area contributed by atoms with Crippen LogP contribution in [0.5, 0.6) is 5.75 Å². The molecule has 0 unspecified atom stereocenters. The lowest BCUT2D eigenvalue weighted by atomic mass is 10.1. The fourth-order valence-electron chi connectivity index (χ4n) is 3.38. The number of nitrogens with zero attached hydrogens (tertiary/aromatic N) is 1. The molecular formula is C26H30N2O4S. The topological polar surface area (TPSA) is 75.7 Å². The Labute approximate surface area is 196 Å². The van der Waals surface area contributed by atoms with Crippen molar-refractivity contribution < 1.29 is 17.9 Å². The van der Waals surface area contributed by atoms with Gasteiger partial charge in [-0.25, -0.2) is 8.42 Å².